The molecule has 5 heteroatoms. The number of aliphatic hydroxyl groups excluding tert-OH is 1. The molecular weight excluding hydrogens is 314 g/mol. The molecule has 1 aliphatic rings. The lowest BCUT2D eigenvalue weighted by Gasteiger charge is -2.35. The van der Waals surface area contributed by atoms with E-state index in [9.17, 15) is 9.90 Å². The third-order valence-electron chi connectivity index (χ3n) is 4.97. The first-order chi connectivity index (χ1) is 12.0. The van der Waals surface area contributed by atoms with Gasteiger partial charge in [0.05, 0.1) is 6.10 Å². The van der Waals surface area contributed by atoms with E-state index in [2.05, 4.69) is 29.4 Å². The normalized spacial score (nSPS) is 20.9. The number of urea groups is 1. The molecule has 2 rings (SSSR count). The van der Waals surface area contributed by atoms with Crippen molar-refractivity contribution in [2.75, 3.05) is 19.6 Å². The van der Waals surface area contributed by atoms with Crippen molar-refractivity contribution in [3.63, 3.8) is 0 Å². The summed E-state index contributed by atoms with van der Waals surface area (Å²) in [5.41, 5.74) is 0.882. The fourth-order valence-corrected chi connectivity index (χ4v) is 3.45. The summed E-state index contributed by atoms with van der Waals surface area (Å²) in [5.74, 6) is 0.520. The number of carbonyl (C=O) groups excluding carboxylic acids is 1. The first kappa shape index (κ1) is 19.7. The quantitative estimate of drug-likeness (QED) is 0.710. The van der Waals surface area contributed by atoms with Crippen LogP contribution in [0.3, 0.4) is 0 Å². The lowest BCUT2D eigenvalue weighted by molar-refractivity contribution is 0.138. The molecule has 5 nitrogen and oxygen atoms in total. The molecule has 0 aliphatic carbocycles. The van der Waals surface area contributed by atoms with Crippen LogP contribution >= 0.6 is 0 Å². The molecule has 25 heavy (non-hydrogen) atoms. The van der Waals surface area contributed by atoms with Crippen molar-refractivity contribution in [3.05, 3.63) is 35.9 Å². The first-order valence-corrected chi connectivity index (χ1v) is 9.47. The molecule has 0 bridgehead atoms. The second-order valence-electron chi connectivity index (χ2n) is 7.51. The first-order valence-electron chi connectivity index (χ1n) is 9.47. The van der Waals surface area contributed by atoms with E-state index < -0.39 is 6.10 Å². The molecule has 0 spiro atoms. The predicted molar refractivity (Wildman–Crippen MR) is 101 cm³/mol. The van der Waals surface area contributed by atoms with Gasteiger partial charge in [-0.3, -0.25) is 0 Å². The topological polar surface area (TPSA) is 64.6 Å². The second kappa shape index (κ2) is 9.78. The zero-order valence-corrected chi connectivity index (χ0v) is 15.7. The van der Waals surface area contributed by atoms with E-state index in [-0.39, 0.29) is 12.1 Å². The number of carbonyl (C=O) groups is 1. The van der Waals surface area contributed by atoms with Crippen LogP contribution in [0.5, 0.6) is 0 Å². The van der Waals surface area contributed by atoms with Gasteiger partial charge in [0.1, 0.15) is 0 Å². The molecule has 3 N–H and O–H groups in total. The van der Waals surface area contributed by atoms with E-state index in [1.54, 1.807) is 0 Å². The van der Waals surface area contributed by atoms with Gasteiger partial charge < -0.3 is 20.6 Å². The van der Waals surface area contributed by atoms with Gasteiger partial charge in [-0.05, 0) is 58.1 Å². The van der Waals surface area contributed by atoms with Gasteiger partial charge in [-0.2, -0.15) is 0 Å². The smallest absolute Gasteiger partial charge is 0.315 e. The van der Waals surface area contributed by atoms with Gasteiger partial charge in [0.2, 0.25) is 0 Å². The lowest BCUT2D eigenvalue weighted by Crippen LogP contribution is -2.47. The fraction of sp³-hybridized carbons (Fsp3) is 0.650. The molecule has 3 unspecified atom stereocenters. The summed E-state index contributed by atoms with van der Waals surface area (Å²) in [4.78, 5) is 14.6. The highest BCUT2D eigenvalue weighted by Crippen LogP contribution is 2.18. The summed E-state index contributed by atoms with van der Waals surface area (Å²) in [6, 6.07) is 9.89. The van der Waals surface area contributed by atoms with E-state index in [1.807, 2.05) is 37.3 Å². The number of amides is 2. The summed E-state index contributed by atoms with van der Waals surface area (Å²) in [5, 5.41) is 16.2. The zero-order chi connectivity index (χ0) is 18.2. The van der Waals surface area contributed by atoms with Crippen LogP contribution in [0.2, 0.25) is 0 Å². The van der Waals surface area contributed by atoms with Crippen LogP contribution in [0, 0.1) is 5.92 Å². The van der Waals surface area contributed by atoms with Crippen LogP contribution in [-0.2, 0) is 0 Å². The summed E-state index contributed by atoms with van der Waals surface area (Å²) >= 11 is 0. The molecule has 1 saturated heterocycles. The van der Waals surface area contributed by atoms with Crippen LogP contribution in [0.25, 0.3) is 0 Å². The molecule has 1 fully saturated rings. The van der Waals surface area contributed by atoms with Gasteiger partial charge in [-0.15, -0.1) is 0 Å². The van der Waals surface area contributed by atoms with Crippen molar-refractivity contribution >= 4 is 6.03 Å². The number of benzene rings is 1. The Morgan fingerprint density at radius 1 is 1.28 bits per heavy atom. The Morgan fingerprint density at radius 2 is 2.00 bits per heavy atom. The lowest BCUT2D eigenvalue weighted by atomic mass is 9.97. The molecule has 1 heterocycles. The molecule has 0 aromatic heterocycles. The molecule has 1 aromatic carbocycles. The zero-order valence-electron chi connectivity index (χ0n) is 15.7. The summed E-state index contributed by atoms with van der Waals surface area (Å²) in [6.45, 7) is 9.30. The number of hydrogen-bond donors (Lipinski definition) is 3. The maximum atomic E-state index is 12.1. The summed E-state index contributed by atoms with van der Waals surface area (Å²) in [6.07, 6.45) is 2.31. The molecule has 1 aromatic rings. The largest absolute Gasteiger partial charge is 0.388 e. The highest BCUT2D eigenvalue weighted by atomic mass is 16.3. The standard InChI is InChI=1S/C20H33N3O2/c1-15(2)23-11-7-8-17(14-23)13-21-20(25)22-16(3)12-19(24)18-9-5-4-6-10-18/h4-6,9-10,15-17,19,24H,7-8,11-14H2,1-3H3,(H2,21,22,25). The Kier molecular flexibility index (Phi) is 7.72. The van der Waals surface area contributed by atoms with Gasteiger partial charge >= 0.3 is 6.03 Å². The van der Waals surface area contributed by atoms with E-state index in [1.165, 1.54) is 12.8 Å². The second-order valence-corrected chi connectivity index (χ2v) is 7.51. The summed E-state index contributed by atoms with van der Waals surface area (Å²) in [7, 11) is 0. The van der Waals surface area contributed by atoms with E-state index in [0.29, 0.717) is 24.9 Å². The number of hydrogen-bond acceptors (Lipinski definition) is 3. The highest BCUT2D eigenvalue weighted by molar-refractivity contribution is 5.74. The fourth-order valence-electron chi connectivity index (χ4n) is 3.45. The van der Waals surface area contributed by atoms with Gasteiger partial charge in [0.15, 0.2) is 0 Å². The van der Waals surface area contributed by atoms with Gasteiger partial charge in [-0.1, -0.05) is 30.3 Å². The molecule has 3 atom stereocenters. The van der Waals surface area contributed by atoms with Gasteiger partial charge in [0, 0.05) is 25.2 Å². The van der Waals surface area contributed by atoms with Crippen molar-refractivity contribution in [3.8, 4) is 0 Å². The third kappa shape index (κ3) is 6.67. The molecular formula is C20H33N3O2. The number of nitrogens with one attached hydrogen (secondary N) is 2. The number of aliphatic hydroxyl groups is 1. The van der Waals surface area contributed by atoms with Crippen LogP contribution < -0.4 is 10.6 Å². The van der Waals surface area contributed by atoms with E-state index in [0.717, 1.165) is 18.7 Å². The molecule has 0 radical (unpaired) electrons. The predicted octanol–water partition coefficient (Wildman–Crippen LogP) is 2.92. The minimum absolute atomic E-state index is 0.0891. The van der Waals surface area contributed by atoms with Gasteiger partial charge in [-0.25, -0.2) is 4.79 Å². The monoisotopic (exact) mass is 347 g/mol. The minimum Gasteiger partial charge on any atom is -0.388 e. The van der Waals surface area contributed by atoms with Crippen molar-refractivity contribution in [2.45, 2.75) is 58.2 Å². The SMILES string of the molecule is CC(CC(O)c1ccccc1)NC(=O)NCC1CCCN(C(C)C)C1. The Labute approximate surface area is 151 Å². The van der Waals surface area contributed by atoms with Crippen LogP contribution in [0.1, 0.15) is 51.7 Å². The van der Waals surface area contributed by atoms with Crippen molar-refractivity contribution in [2.24, 2.45) is 5.92 Å². The highest BCUT2D eigenvalue weighted by Gasteiger charge is 2.22. The van der Waals surface area contributed by atoms with Crippen molar-refractivity contribution in [1.82, 2.24) is 15.5 Å². The number of rotatable bonds is 7. The maximum absolute atomic E-state index is 12.1. The number of nitrogens with zero attached hydrogens (tertiary/aromatic N) is 1. The number of piperidine rings is 1. The van der Waals surface area contributed by atoms with Crippen LogP contribution in [0.15, 0.2) is 30.3 Å². The Bertz CT molecular complexity index is 521. The Balaban J connectivity index is 1.69. The molecule has 0 saturated carbocycles. The molecule has 1 aliphatic heterocycles. The van der Waals surface area contributed by atoms with Crippen LogP contribution in [-0.4, -0.2) is 47.8 Å². The van der Waals surface area contributed by atoms with Crippen LogP contribution in [0.4, 0.5) is 4.79 Å². The number of likely N-dealkylation sites (tertiary alicyclic amines) is 1. The van der Waals surface area contributed by atoms with E-state index in [4.69, 9.17) is 0 Å². The molecule has 2 amide bonds. The summed E-state index contributed by atoms with van der Waals surface area (Å²) < 4.78 is 0. The molecule has 140 valence electrons. The average molecular weight is 348 g/mol. The van der Waals surface area contributed by atoms with Crippen molar-refractivity contribution in [1.29, 1.82) is 0 Å². The Hall–Kier alpha value is -1.59. The Morgan fingerprint density at radius 3 is 2.68 bits per heavy atom. The van der Waals surface area contributed by atoms with Gasteiger partial charge in [0.25, 0.3) is 0 Å². The third-order valence-corrected chi connectivity index (χ3v) is 4.97. The van der Waals surface area contributed by atoms with E-state index >= 15 is 0 Å². The van der Waals surface area contributed by atoms with Crippen molar-refractivity contribution < 1.29 is 9.90 Å². The minimum atomic E-state index is -0.561. The maximum Gasteiger partial charge on any atom is 0.315 e. The average Bonchev–Trinajstić information content (AvgIpc) is 2.60.